The molecule has 0 spiro atoms. The third kappa shape index (κ3) is 3.68. The van der Waals surface area contributed by atoms with Crippen molar-refractivity contribution < 1.29 is 4.79 Å². The van der Waals surface area contributed by atoms with Crippen molar-refractivity contribution in [3.63, 3.8) is 0 Å². The van der Waals surface area contributed by atoms with Crippen LogP contribution in [0.2, 0.25) is 0 Å². The maximum Gasteiger partial charge on any atom is 0.253 e. The average molecular weight is 370 g/mol. The molecule has 0 aliphatic carbocycles. The number of para-hydroxylation sites is 1. The molecule has 4 nitrogen and oxygen atoms in total. The van der Waals surface area contributed by atoms with Crippen molar-refractivity contribution in [1.82, 2.24) is 14.7 Å². The van der Waals surface area contributed by atoms with E-state index in [0.717, 1.165) is 15.7 Å². The Morgan fingerprint density at radius 1 is 1.13 bits per heavy atom. The smallest absolute Gasteiger partial charge is 0.253 e. The van der Waals surface area contributed by atoms with Gasteiger partial charge in [0.15, 0.2) is 0 Å². The van der Waals surface area contributed by atoms with E-state index in [4.69, 9.17) is 0 Å². The highest BCUT2D eigenvalue weighted by Crippen LogP contribution is 2.14. The standard InChI is InChI=1S/C18H16BrN3O/c1-21(18(23)15-7-9-16(19)10-8-15)12-14-11-20-22(13-14)17-5-3-2-4-6-17/h2-11,13H,12H2,1H3. The van der Waals surface area contributed by atoms with Gasteiger partial charge in [-0.15, -0.1) is 0 Å². The molecular weight excluding hydrogens is 354 g/mol. The van der Waals surface area contributed by atoms with Crippen molar-refractivity contribution in [3.8, 4) is 5.69 Å². The number of carbonyl (C=O) groups is 1. The Morgan fingerprint density at radius 3 is 2.52 bits per heavy atom. The van der Waals surface area contributed by atoms with E-state index >= 15 is 0 Å². The van der Waals surface area contributed by atoms with Crippen LogP contribution in [0.4, 0.5) is 0 Å². The Balaban J connectivity index is 1.71. The number of carbonyl (C=O) groups excluding carboxylic acids is 1. The third-order valence-corrected chi connectivity index (χ3v) is 4.04. The van der Waals surface area contributed by atoms with Gasteiger partial charge in [0.25, 0.3) is 5.91 Å². The SMILES string of the molecule is CN(Cc1cnn(-c2ccccc2)c1)C(=O)c1ccc(Br)cc1. The van der Waals surface area contributed by atoms with Crippen molar-refractivity contribution in [2.24, 2.45) is 0 Å². The van der Waals surface area contributed by atoms with Crippen LogP contribution in [0.1, 0.15) is 15.9 Å². The highest BCUT2D eigenvalue weighted by molar-refractivity contribution is 9.10. The average Bonchev–Trinajstić information content (AvgIpc) is 3.04. The number of nitrogens with zero attached hydrogens (tertiary/aromatic N) is 3. The second-order valence-electron chi connectivity index (χ2n) is 5.30. The molecular formula is C18H16BrN3O. The fourth-order valence-corrected chi connectivity index (χ4v) is 2.59. The van der Waals surface area contributed by atoms with Gasteiger partial charge in [0.1, 0.15) is 0 Å². The van der Waals surface area contributed by atoms with E-state index in [0.29, 0.717) is 12.1 Å². The van der Waals surface area contributed by atoms with Crippen LogP contribution in [-0.2, 0) is 6.54 Å². The van der Waals surface area contributed by atoms with Gasteiger partial charge in [-0.3, -0.25) is 4.79 Å². The molecule has 1 amide bonds. The first-order valence-electron chi connectivity index (χ1n) is 7.23. The zero-order valence-corrected chi connectivity index (χ0v) is 14.3. The summed E-state index contributed by atoms with van der Waals surface area (Å²) in [6, 6.07) is 17.3. The lowest BCUT2D eigenvalue weighted by Gasteiger charge is -2.16. The molecule has 2 aromatic carbocycles. The molecule has 116 valence electrons. The molecule has 23 heavy (non-hydrogen) atoms. The van der Waals surface area contributed by atoms with Crippen LogP contribution in [0.15, 0.2) is 71.5 Å². The number of hydrogen-bond acceptors (Lipinski definition) is 2. The Labute approximate surface area is 143 Å². The number of benzene rings is 2. The van der Waals surface area contributed by atoms with Gasteiger partial charge in [0.2, 0.25) is 0 Å². The van der Waals surface area contributed by atoms with E-state index in [9.17, 15) is 4.79 Å². The molecule has 0 bridgehead atoms. The van der Waals surface area contributed by atoms with Gasteiger partial charge in [-0.25, -0.2) is 4.68 Å². The minimum Gasteiger partial charge on any atom is -0.337 e. The zero-order valence-electron chi connectivity index (χ0n) is 12.7. The van der Waals surface area contributed by atoms with Crippen LogP contribution >= 0.6 is 15.9 Å². The van der Waals surface area contributed by atoms with Gasteiger partial charge < -0.3 is 4.90 Å². The predicted molar refractivity (Wildman–Crippen MR) is 93.5 cm³/mol. The van der Waals surface area contributed by atoms with Crippen molar-refractivity contribution in [2.45, 2.75) is 6.54 Å². The van der Waals surface area contributed by atoms with Crippen LogP contribution in [0.5, 0.6) is 0 Å². The van der Waals surface area contributed by atoms with E-state index in [1.807, 2.05) is 65.5 Å². The summed E-state index contributed by atoms with van der Waals surface area (Å²) in [7, 11) is 1.80. The van der Waals surface area contributed by atoms with Gasteiger partial charge in [-0.1, -0.05) is 34.1 Å². The zero-order chi connectivity index (χ0) is 16.2. The minimum absolute atomic E-state index is 0.00930. The van der Waals surface area contributed by atoms with Crippen LogP contribution in [0.3, 0.4) is 0 Å². The summed E-state index contributed by atoms with van der Waals surface area (Å²) in [4.78, 5) is 14.1. The summed E-state index contributed by atoms with van der Waals surface area (Å²) < 4.78 is 2.77. The van der Waals surface area contributed by atoms with Crippen LogP contribution in [0.25, 0.3) is 5.69 Å². The monoisotopic (exact) mass is 369 g/mol. The number of hydrogen-bond donors (Lipinski definition) is 0. The molecule has 0 aliphatic rings. The molecule has 3 aromatic rings. The largest absolute Gasteiger partial charge is 0.337 e. The number of halogens is 1. The second-order valence-corrected chi connectivity index (χ2v) is 6.21. The predicted octanol–water partition coefficient (Wildman–Crippen LogP) is 3.91. The maximum atomic E-state index is 12.4. The van der Waals surface area contributed by atoms with Gasteiger partial charge >= 0.3 is 0 Å². The quantitative estimate of drug-likeness (QED) is 0.699. The van der Waals surface area contributed by atoms with Crippen molar-refractivity contribution in [2.75, 3.05) is 7.05 Å². The van der Waals surface area contributed by atoms with E-state index in [1.165, 1.54) is 0 Å². The van der Waals surface area contributed by atoms with E-state index < -0.39 is 0 Å². The molecule has 0 radical (unpaired) electrons. The first kappa shape index (κ1) is 15.5. The van der Waals surface area contributed by atoms with Crippen molar-refractivity contribution >= 4 is 21.8 Å². The van der Waals surface area contributed by atoms with E-state index in [-0.39, 0.29) is 5.91 Å². The first-order valence-corrected chi connectivity index (χ1v) is 8.03. The topological polar surface area (TPSA) is 38.1 Å². The molecule has 3 rings (SSSR count). The first-order chi connectivity index (χ1) is 11.1. The summed E-state index contributed by atoms with van der Waals surface area (Å²) in [6.07, 6.45) is 3.74. The van der Waals surface area contributed by atoms with Crippen LogP contribution in [0, 0.1) is 0 Å². The summed E-state index contributed by atoms with van der Waals surface area (Å²) >= 11 is 3.37. The van der Waals surface area contributed by atoms with Crippen molar-refractivity contribution in [3.05, 3.63) is 82.6 Å². The maximum absolute atomic E-state index is 12.4. The molecule has 5 heteroatoms. The fraction of sp³-hybridized carbons (Fsp3) is 0.111. The molecule has 0 unspecified atom stereocenters. The highest BCUT2D eigenvalue weighted by atomic mass is 79.9. The lowest BCUT2D eigenvalue weighted by Crippen LogP contribution is -2.25. The molecule has 1 heterocycles. The van der Waals surface area contributed by atoms with Crippen LogP contribution in [-0.4, -0.2) is 27.6 Å². The molecule has 0 aliphatic heterocycles. The van der Waals surface area contributed by atoms with E-state index in [1.54, 1.807) is 18.1 Å². The van der Waals surface area contributed by atoms with Crippen LogP contribution < -0.4 is 0 Å². The lowest BCUT2D eigenvalue weighted by molar-refractivity contribution is 0.0785. The number of rotatable bonds is 4. The Kier molecular flexibility index (Phi) is 4.57. The molecule has 0 saturated carbocycles. The second kappa shape index (κ2) is 6.79. The minimum atomic E-state index is -0.00930. The molecule has 0 saturated heterocycles. The number of amides is 1. The molecule has 0 fully saturated rings. The summed E-state index contributed by atoms with van der Waals surface area (Å²) in [5.41, 5.74) is 2.66. The van der Waals surface area contributed by atoms with Gasteiger partial charge in [0, 0.05) is 35.4 Å². The summed E-state index contributed by atoms with van der Waals surface area (Å²) in [5.74, 6) is -0.00930. The molecule has 0 atom stereocenters. The van der Waals surface area contributed by atoms with Gasteiger partial charge in [-0.05, 0) is 36.4 Å². The molecule has 1 aromatic heterocycles. The van der Waals surface area contributed by atoms with Crippen molar-refractivity contribution in [1.29, 1.82) is 0 Å². The fourth-order valence-electron chi connectivity index (χ4n) is 2.32. The van der Waals surface area contributed by atoms with Gasteiger partial charge in [-0.2, -0.15) is 5.10 Å². The summed E-state index contributed by atoms with van der Waals surface area (Å²) in [5, 5.41) is 4.36. The summed E-state index contributed by atoms with van der Waals surface area (Å²) in [6.45, 7) is 0.516. The molecule has 0 N–H and O–H groups in total. The normalized spacial score (nSPS) is 10.5. The Hall–Kier alpha value is -2.40. The van der Waals surface area contributed by atoms with E-state index in [2.05, 4.69) is 21.0 Å². The Morgan fingerprint density at radius 2 is 1.83 bits per heavy atom. The third-order valence-electron chi connectivity index (χ3n) is 3.51. The lowest BCUT2D eigenvalue weighted by atomic mass is 10.2. The Bertz CT molecular complexity index is 797. The number of aromatic nitrogens is 2. The van der Waals surface area contributed by atoms with Gasteiger partial charge in [0.05, 0.1) is 11.9 Å². The highest BCUT2D eigenvalue weighted by Gasteiger charge is 2.13.